The molecule has 6 nitrogen and oxygen atoms in total. The number of fused-ring (bicyclic) bond motifs is 5. The summed E-state index contributed by atoms with van der Waals surface area (Å²) in [6.07, 6.45) is 1.49. The van der Waals surface area contributed by atoms with Gasteiger partial charge in [0.25, 0.3) is 0 Å². The van der Waals surface area contributed by atoms with Crippen molar-refractivity contribution in [2.75, 3.05) is 4.90 Å². The maximum atomic E-state index is 12.9. The number of aryl methyl sites for hydroxylation is 1. The fourth-order valence-corrected chi connectivity index (χ4v) is 4.68. The van der Waals surface area contributed by atoms with Crippen LogP contribution in [0.4, 0.5) is 5.82 Å². The number of anilines is 1. The van der Waals surface area contributed by atoms with Crippen molar-refractivity contribution in [1.82, 2.24) is 9.78 Å². The number of benzene rings is 1. The van der Waals surface area contributed by atoms with Crippen molar-refractivity contribution < 1.29 is 14.3 Å². The van der Waals surface area contributed by atoms with Gasteiger partial charge in [-0.1, -0.05) is 29.8 Å². The van der Waals surface area contributed by atoms with Gasteiger partial charge in [-0.3, -0.25) is 14.3 Å². The first-order chi connectivity index (χ1) is 12.5. The van der Waals surface area contributed by atoms with Crippen molar-refractivity contribution >= 4 is 29.2 Å². The third-order valence-electron chi connectivity index (χ3n) is 5.76. The minimum absolute atomic E-state index is 0.113. The standard InChI is InChI=1S/C19H18ClN3O3/c1-10-8-15(21-22(10)9-11-4-2-3-5-12(11)20)23-18(24)16-13-6-7-14(26-13)17(16)19(23)25/h2-5,8,13-14,16-17H,6-7,9H2,1H3/t13-,14-,16-,17-/m1/s1. The average molecular weight is 372 g/mol. The van der Waals surface area contributed by atoms with Gasteiger partial charge in [0.1, 0.15) is 0 Å². The van der Waals surface area contributed by atoms with Crippen LogP contribution in [0.5, 0.6) is 0 Å². The molecular weight excluding hydrogens is 354 g/mol. The van der Waals surface area contributed by atoms with E-state index in [0.29, 0.717) is 17.4 Å². The van der Waals surface area contributed by atoms with Crippen LogP contribution in [0.1, 0.15) is 24.1 Å². The molecule has 1 aromatic heterocycles. The first kappa shape index (κ1) is 16.0. The number of halogens is 1. The van der Waals surface area contributed by atoms with Crippen LogP contribution in [0.3, 0.4) is 0 Å². The topological polar surface area (TPSA) is 64.4 Å². The summed E-state index contributed by atoms with van der Waals surface area (Å²) in [5.74, 6) is -0.618. The zero-order valence-electron chi connectivity index (χ0n) is 14.3. The van der Waals surface area contributed by atoms with Crippen LogP contribution >= 0.6 is 11.6 Å². The molecule has 4 heterocycles. The number of aromatic nitrogens is 2. The summed E-state index contributed by atoms with van der Waals surface area (Å²) in [6.45, 7) is 2.40. The number of carbonyl (C=O) groups is 2. The van der Waals surface area contributed by atoms with Gasteiger partial charge in [-0.15, -0.1) is 0 Å². The summed E-state index contributed by atoms with van der Waals surface area (Å²) in [7, 11) is 0. The van der Waals surface area contributed by atoms with E-state index in [9.17, 15) is 9.59 Å². The molecule has 0 spiro atoms. The largest absolute Gasteiger partial charge is 0.373 e. The van der Waals surface area contributed by atoms with Gasteiger partial charge in [0.05, 0.1) is 30.6 Å². The highest BCUT2D eigenvalue weighted by Crippen LogP contribution is 2.49. The maximum Gasteiger partial charge on any atom is 0.241 e. The van der Waals surface area contributed by atoms with Crippen molar-refractivity contribution in [3.63, 3.8) is 0 Å². The Morgan fingerprint density at radius 2 is 1.81 bits per heavy atom. The molecular formula is C19H18ClN3O3. The molecule has 5 rings (SSSR count). The molecule has 0 N–H and O–H groups in total. The molecule has 2 aromatic rings. The minimum atomic E-state index is -0.338. The quantitative estimate of drug-likeness (QED) is 0.778. The second-order valence-corrected chi connectivity index (χ2v) is 7.65. The van der Waals surface area contributed by atoms with Gasteiger partial charge in [-0.05, 0) is 31.4 Å². The Labute approximate surface area is 155 Å². The Hall–Kier alpha value is -2.18. The Balaban J connectivity index is 1.46. The van der Waals surface area contributed by atoms with E-state index in [4.69, 9.17) is 16.3 Å². The van der Waals surface area contributed by atoms with E-state index >= 15 is 0 Å². The van der Waals surface area contributed by atoms with Gasteiger partial charge in [0, 0.05) is 16.8 Å². The smallest absolute Gasteiger partial charge is 0.241 e. The molecule has 3 saturated heterocycles. The molecule has 0 radical (unpaired) electrons. The van der Waals surface area contributed by atoms with E-state index in [1.807, 2.05) is 31.2 Å². The van der Waals surface area contributed by atoms with Crippen molar-refractivity contribution in [1.29, 1.82) is 0 Å². The van der Waals surface area contributed by atoms with Crippen LogP contribution in [-0.2, 0) is 20.9 Å². The van der Waals surface area contributed by atoms with E-state index in [1.165, 1.54) is 4.90 Å². The zero-order valence-corrected chi connectivity index (χ0v) is 15.0. The Morgan fingerprint density at radius 1 is 1.15 bits per heavy atom. The average Bonchev–Trinajstić information content (AvgIpc) is 3.35. The van der Waals surface area contributed by atoms with Gasteiger partial charge in [0.2, 0.25) is 11.8 Å². The maximum absolute atomic E-state index is 12.9. The van der Waals surface area contributed by atoms with E-state index in [2.05, 4.69) is 5.10 Å². The zero-order chi connectivity index (χ0) is 18.0. The molecule has 1 aromatic carbocycles. The molecule has 3 aliphatic rings. The third-order valence-corrected chi connectivity index (χ3v) is 6.13. The number of hydrogen-bond acceptors (Lipinski definition) is 4. The number of nitrogens with zero attached hydrogens (tertiary/aromatic N) is 3. The van der Waals surface area contributed by atoms with Crippen LogP contribution in [0.25, 0.3) is 0 Å². The van der Waals surface area contributed by atoms with Gasteiger partial charge in [0.15, 0.2) is 5.82 Å². The number of imide groups is 1. The molecule has 134 valence electrons. The molecule has 3 fully saturated rings. The lowest BCUT2D eigenvalue weighted by atomic mass is 9.81. The summed E-state index contributed by atoms with van der Waals surface area (Å²) < 4.78 is 7.55. The van der Waals surface area contributed by atoms with Gasteiger partial charge >= 0.3 is 0 Å². The molecule has 26 heavy (non-hydrogen) atoms. The number of hydrogen-bond donors (Lipinski definition) is 0. The highest BCUT2D eigenvalue weighted by Gasteiger charge is 2.63. The lowest BCUT2D eigenvalue weighted by molar-refractivity contribution is -0.124. The highest BCUT2D eigenvalue weighted by molar-refractivity contribution is 6.31. The van der Waals surface area contributed by atoms with E-state index in [1.54, 1.807) is 10.7 Å². The van der Waals surface area contributed by atoms with Crippen molar-refractivity contribution in [3.05, 3.63) is 46.6 Å². The summed E-state index contributed by atoms with van der Waals surface area (Å²) >= 11 is 6.24. The predicted octanol–water partition coefficient (Wildman–Crippen LogP) is 2.56. The van der Waals surface area contributed by atoms with Crippen LogP contribution in [0, 0.1) is 18.8 Å². The van der Waals surface area contributed by atoms with E-state index in [0.717, 1.165) is 24.1 Å². The molecule has 0 aliphatic carbocycles. The first-order valence-electron chi connectivity index (χ1n) is 8.85. The van der Waals surface area contributed by atoms with Gasteiger partial charge in [-0.2, -0.15) is 5.10 Å². The Morgan fingerprint density at radius 3 is 2.46 bits per heavy atom. The fourth-order valence-electron chi connectivity index (χ4n) is 4.49. The molecule has 0 unspecified atom stereocenters. The molecule has 3 aliphatic heterocycles. The lowest BCUT2D eigenvalue weighted by Gasteiger charge is -2.15. The Bertz CT molecular complexity index is 897. The number of rotatable bonds is 3. The van der Waals surface area contributed by atoms with E-state index in [-0.39, 0.29) is 35.9 Å². The molecule has 0 saturated carbocycles. The second kappa shape index (κ2) is 5.66. The van der Waals surface area contributed by atoms with Crippen molar-refractivity contribution in [2.45, 2.75) is 38.5 Å². The van der Waals surface area contributed by atoms with Gasteiger partial charge in [-0.25, -0.2) is 4.90 Å². The Kier molecular flexibility index (Phi) is 3.49. The molecule has 4 atom stereocenters. The monoisotopic (exact) mass is 371 g/mol. The summed E-state index contributed by atoms with van der Waals surface area (Å²) in [5, 5.41) is 5.20. The highest BCUT2D eigenvalue weighted by atomic mass is 35.5. The number of carbonyl (C=O) groups excluding carboxylic acids is 2. The number of amides is 2. The summed E-state index contributed by atoms with van der Waals surface area (Å²) in [5.41, 5.74) is 1.81. The van der Waals surface area contributed by atoms with Crippen LogP contribution in [-0.4, -0.2) is 33.8 Å². The van der Waals surface area contributed by atoms with Gasteiger partial charge < -0.3 is 4.74 Å². The molecule has 2 amide bonds. The van der Waals surface area contributed by atoms with Crippen LogP contribution in [0.2, 0.25) is 5.02 Å². The third kappa shape index (κ3) is 2.18. The minimum Gasteiger partial charge on any atom is -0.373 e. The van der Waals surface area contributed by atoms with E-state index < -0.39 is 0 Å². The predicted molar refractivity (Wildman–Crippen MR) is 94.9 cm³/mol. The van der Waals surface area contributed by atoms with Crippen molar-refractivity contribution in [2.24, 2.45) is 11.8 Å². The SMILES string of the molecule is Cc1cc(N2C(=O)[C@H]3[C@H](C2=O)[C@H]2CC[C@H]3O2)nn1Cc1ccccc1Cl. The first-order valence-corrected chi connectivity index (χ1v) is 9.23. The van der Waals surface area contributed by atoms with Crippen LogP contribution in [0.15, 0.2) is 30.3 Å². The lowest BCUT2D eigenvalue weighted by Crippen LogP contribution is -2.34. The summed E-state index contributed by atoms with van der Waals surface area (Å²) in [4.78, 5) is 27.0. The molecule has 7 heteroatoms. The molecule has 2 bridgehead atoms. The number of ether oxygens (including phenoxy) is 1. The fraction of sp³-hybridized carbons (Fsp3) is 0.421. The van der Waals surface area contributed by atoms with Crippen molar-refractivity contribution in [3.8, 4) is 0 Å². The second-order valence-electron chi connectivity index (χ2n) is 7.25. The summed E-state index contributed by atoms with van der Waals surface area (Å²) in [6, 6.07) is 9.36. The van der Waals surface area contributed by atoms with Crippen LogP contribution < -0.4 is 4.90 Å². The normalized spacial score (nSPS) is 29.7.